The van der Waals surface area contributed by atoms with Crippen LogP contribution in [-0.4, -0.2) is 45.8 Å². The molecule has 0 aliphatic carbocycles. The van der Waals surface area contributed by atoms with E-state index in [9.17, 15) is 22.8 Å². The molecule has 0 bridgehead atoms. The van der Waals surface area contributed by atoms with Crippen molar-refractivity contribution in [3.63, 3.8) is 0 Å². The van der Waals surface area contributed by atoms with Crippen LogP contribution in [0, 0.1) is 17.7 Å². The lowest BCUT2D eigenvalue weighted by atomic mass is 9.99. The number of nitrogens with zero attached hydrogens (tertiary/aromatic N) is 3. The number of hydrogen-bond donors (Lipinski definition) is 0. The smallest absolute Gasteiger partial charge is 0.263 e. The van der Waals surface area contributed by atoms with Crippen molar-refractivity contribution in [3.8, 4) is 23.0 Å². The molecule has 0 spiro atoms. The van der Waals surface area contributed by atoms with Gasteiger partial charge in [-0.15, -0.1) is 11.3 Å². The van der Waals surface area contributed by atoms with E-state index in [0.717, 1.165) is 15.9 Å². The Balaban J connectivity index is 1.82. The third-order valence-corrected chi connectivity index (χ3v) is 6.48. The molecule has 160 valence electrons. The first-order valence-electron chi connectivity index (χ1n) is 9.19. The van der Waals surface area contributed by atoms with Crippen LogP contribution in [0.4, 0.5) is 13.2 Å². The molecule has 5 nitrogen and oxygen atoms in total. The van der Waals surface area contributed by atoms with Gasteiger partial charge in [-0.1, -0.05) is 17.9 Å². The number of carbonyl (C=O) groups excluding carboxylic acids is 1. The molecule has 1 aromatic carbocycles. The summed E-state index contributed by atoms with van der Waals surface area (Å²) in [7, 11) is 0. The zero-order chi connectivity index (χ0) is 22.3. The summed E-state index contributed by atoms with van der Waals surface area (Å²) in [4.78, 5) is 32.0. The van der Waals surface area contributed by atoms with E-state index in [0.29, 0.717) is 20.8 Å². The number of hydrogen-bond acceptors (Lipinski definition) is 4. The number of benzene rings is 1. The standard InChI is InChI=1S/C21H15BrF3N3O2S/c1-21(25)9-28(10-21)16(29)8-27-11-26-19-18(20(27)30)17(15(31-19)3-2-6-23)12-4-5-14(24)13(22)7-12/h4-5,7,11H,6,8-10H2,1H3. The van der Waals surface area contributed by atoms with E-state index in [1.807, 2.05) is 0 Å². The molecule has 0 N–H and O–H groups in total. The van der Waals surface area contributed by atoms with Gasteiger partial charge in [-0.3, -0.25) is 14.2 Å². The Hall–Kier alpha value is -2.64. The Morgan fingerprint density at radius 1 is 1.39 bits per heavy atom. The van der Waals surface area contributed by atoms with Crippen molar-refractivity contribution in [1.29, 1.82) is 0 Å². The number of carbonyl (C=O) groups is 1. The maximum Gasteiger partial charge on any atom is 0.263 e. The molecule has 1 fully saturated rings. The number of amides is 1. The van der Waals surface area contributed by atoms with Crippen molar-refractivity contribution >= 4 is 43.4 Å². The van der Waals surface area contributed by atoms with E-state index in [2.05, 4.69) is 32.8 Å². The second-order valence-corrected chi connectivity index (χ2v) is 9.24. The van der Waals surface area contributed by atoms with Crippen LogP contribution in [0.1, 0.15) is 11.8 Å². The van der Waals surface area contributed by atoms with E-state index in [1.54, 1.807) is 0 Å². The number of rotatable bonds is 3. The van der Waals surface area contributed by atoms with Crippen LogP contribution in [0.25, 0.3) is 21.3 Å². The zero-order valence-electron chi connectivity index (χ0n) is 16.2. The second-order valence-electron chi connectivity index (χ2n) is 7.39. The van der Waals surface area contributed by atoms with Crippen molar-refractivity contribution < 1.29 is 18.0 Å². The van der Waals surface area contributed by atoms with Crippen LogP contribution >= 0.6 is 27.3 Å². The van der Waals surface area contributed by atoms with Crippen LogP contribution in [-0.2, 0) is 11.3 Å². The van der Waals surface area contributed by atoms with Gasteiger partial charge in [0.15, 0.2) is 6.67 Å². The third kappa shape index (κ3) is 4.12. The average molecular weight is 510 g/mol. The van der Waals surface area contributed by atoms with Gasteiger partial charge in [0.1, 0.15) is 22.9 Å². The molecule has 0 unspecified atom stereocenters. The predicted molar refractivity (Wildman–Crippen MR) is 116 cm³/mol. The summed E-state index contributed by atoms with van der Waals surface area (Å²) in [5, 5.41) is 0.209. The number of fused-ring (bicyclic) bond motifs is 1. The average Bonchev–Trinajstić information content (AvgIpc) is 3.07. The second kappa shape index (κ2) is 8.13. The molecule has 3 aromatic rings. The highest BCUT2D eigenvalue weighted by Gasteiger charge is 2.41. The minimum Gasteiger partial charge on any atom is -0.335 e. The summed E-state index contributed by atoms with van der Waals surface area (Å²) in [5.74, 6) is 4.17. The van der Waals surface area contributed by atoms with Gasteiger partial charge in [-0.2, -0.15) is 0 Å². The van der Waals surface area contributed by atoms with E-state index in [-0.39, 0.29) is 29.5 Å². The zero-order valence-corrected chi connectivity index (χ0v) is 18.6. The van der Waals surface area contributed by atoms with E-state index >= 15 is 0 Å². The summed E-state index contributed by atoms with van der Waals surface area (Å²) in [6.45, 7) is 0.218. The van der Waals surface area contributed by atoms with Crippen molar-refractivity contribution in [3.05, 3.63) is 50.0 Å². The summed E-state index contributed by atoms with van der Waals surface area (Å²) >= 11 is 4.24. The van der Waals surface area contributed by atoms with Gasteiger partial charge in [-0.25, -0.2) is 18.2 Å². The molecule has 1 saturated heterocycles. The molecule has 0 saturated carbocycles. The first kappa shape index (κ1) is 21.6. The molecule has 3 heterocycles. The summed E-state index contributed by atoms with van der Waals surface area (Å²) in [6, 6.07) is 4.24. The molecule has 0 atom stereocenters. The maximum atomic E-state index is 13.7. The van der Waals surface area contributed by atoms with Crippen LogP contribution < -0.4 is 5.56 Å². The molecular weight excluding hydrogens is 495 g/mol. The third-order valence-electron chi connectivity index (χ3n) is 4.86. The van der Waals surface area contributed by atoms with Gasteiger partial charge < -0.3 is 4.90 Å². The minimum absolute atomic E-state index is 0.0213. The van der Waals surface area contributed by atoms with Gasteiger partial charge in [0.2, 0.25) is 5.91 Å². The molecule has 1 aliphatic rings. The normalized spacial score (nSPS) is 14.8. The Bertz CT molecular complexity index is 1320. The number of alkyl halides is 2. The Morgan fingerprint density at radius 2 is 2.13 bits per heavy atom. The number of thiophene rings is 1. The fraction of sp³-hybridized carbons (Fsp3) is 0.286. The molecule has 1 amide bonds. The first-order chi connectivity index (χ1) is 14.7. The molecule has 2 aromatic heterocycles. The van der Waals surface area contributed by atoms with Crippen LogP contribution in [0.5, 0.6) is 0 Å². The highest BCUT2D eigenvalue weighted by atomic mass is 79.9. The van der Waals surface area contributed by atoms with Gasteiger partial charge in [-0.05, 0) is 40.5 Å². The highest BCUT2D eigenvalue weighted by Crippen LogP contribution is 2.37. The lowest BCUT2D eigenvalue weighted by Crippen LogP contribution is -2.60. The minimum atomic E-state index is -1.41. The number of halogens is 4. The number of aromatic nitrogens is 2. The first-order valence-corrected chi connectivity index (χ1v) is 10.8. The lowest BCUT2D eigenvalue weighted by molar-refractivity contribution is -0.144. The predicted octanol–water partition coefficient (Wildman–Crippen LogP) is 3.92. The van der Waals surface area contributed by atoms with Crippen molar-refractivity contribution in [2.24, 2.45) is 0 Å². The molecule has 1 aliphatic heterocycles. The Morgan fingerprint density at radius 3 is 2.77 bits per heavy atom. The summed E-state index contributed by atoms with van der Waals surface area (Å²) in [5.41, 5.74) is -0.992. The van der Waals surface area contributed by atoms with Crippen LogP contribution in [0.3, 0.4) is 0 Å². The topological polar surface area (TPSA) is 55.2 Å². The quantitative estimate of drug-likeness (QED) is 0.503. The van der Waals surface area contributed by atoms with Gasteiger partial charge in [0, 0.05) is 5.56 Å². The Labute approximate surface area is 187 Å². The van der Waals surface area contributed by atoms with Crippen LogP contribution in [0.2, 0.25) is 0 Å². The fourth-order valence-corrected chi connectivity index (χ4v) is 4.85. The number of likely N-dealkylation sites (tertiary alicyclic amines) is 1. The van der Waals surface area contributed by atoms with Gasteiger partial charge >= 0.3 is 0 Å². The summed E-state index contributed by atoms with van der Waals surface area (Å²) < 4.78 is 41.5. The van der Waals surface area contributed by atoms with Crippen LogP contribution in [0.15, 0.2) is 33.8 Å². The highest BCUT2D eigenvalue weighted by molar-refractivity contribution is 9.10. The van der Waals surface area contributed by atoms with E-state index in [1.165, 1.54) is 36.4 Å². The molecule has 0 radical (unpaired) electrons. The lowest BCUT2D eigenvalue weighted by Gasteiger charge is -2.42. The maximum absolute atomic E-state index is 13.7. The van der Waals surface area contributed by atoms with Crippen molar-refractivity contribution in [1.82, 2.24) is 14.5 Å². The SMILES string of the molecule is CC1(F)CN(C(=O)Cn2cnc3sc(C#CCF)c(-c4ccc(F)c(Br)c4)c3c2=O)C1. The Kier molecular flexibility index (Phi) is 5.66. The van der Waals surface area contributed by atoms with E-state index < -0.39 is 29.6 Å². The van der Waals surface area contributed by atoms with E-state index in [4.69, 9.17) is 0 Å². The molecule has 10 heteroatoms. The molecular formula is C21H15BrF3N3O2S. The molecule has 4 rings (SSSR count). The summed E-state index contributed by atoms with van der Waals surface area (Å²) in [6.07, 6.45) is 1.25. The van der Waals surface area contributed by atoms with Gasteiger partial charge in [0.05, 0.1) is 34.2 Å². The van der Waals surface area contributed by atoms with Gasteiger partial charge in [0.25, 0.3) is 5.56 Å². The fourth-order valence-electron chi connectivity index (χ4n) is 3.44. The van der Waals surface area contributed by atoms with Crippen molar-refractivity contribution in [2.45, 2.75) is 19.1 Å². The monoisotopic (exact) mass is 509 g/mol. The van der Waals surface area contributed by atoms with Crippen molar-refractivity contribution in [2.75, 3.05) is 19.8 Å². The largest absolute Gasteiger partial charge is 0.335 e. The molecule has 31 heavy (non-hydrogen) atoms.